The minimum absolute atomic E-state index is 0.109. The highest BCUT2D eigenvalue weighted by molar-refractivity contribution is 9.10. The van der Waals surface area contributed by atoms with E-state index < -0.39 is 10.8 Å². The van der Waals surface area contributed by atoms with Crippen LogP contribution in [0.15, 0.2) is 45.9 Å². The Bertz CT molecular complexity index is 1250. The van der Waals surface area contributed by atoms with E-state index >= 15 is 0 Å². The summed E-state index contributed by atoms with van der Waals surface area (Å²) >= 11 is 4.87. The van der Waals surface area contributed by atoms with E-state index in [4.69, 9.17) is 9.47 Å². The van der Waals surface area contributed by atoms with Crippen molar-refractivity contribution in [3.05, 3.63) is 61.4 Å². The third kappa shape index (κ3) is 5.32. The lowest BCUT2D eigenvalue weighted by atomic mass is 10.1. The van der Waals surface area contributed by atoms with Gasteiger partial charge in [0.05, 0.1) is 35.0 Å². The molecule has 0 spiro atoms. The molecule has 3 aromatic rings. The zero-order valence-electron chi connectivity index (χ0n) is 18.0. The molecule has 1 amide bonds. The van der Waals surface area contributed by atoms with E-state index in [9.17, 15) is 14.9 Å². The molecular formula is C22H23BrN4O5S. The molecule has 1 aromatic heterocycles. The molecule has 0 aliphatic carbocycles. The maximum atomic E-state index is 13.0. The summed E-state index contributed by atoms with van der Waals surface area (Å²) in [5, 5.41) is 11.7. The van der Waals surface area contributed by atoms with Gasteiger partial charge in [0.15, 0.2) is 4.80 Å². The fraction of sp³-hybridized carbons (Fsp3) is 0.364. The predicted molar refractivity (Wildman–Crippen MR) is 130 cm³/mol. The Morgan fingerprint density at radius 3 is 2.79 bits per heavy atom. The van der Waals surface area contributed by atoms with Crippen molar-refractivity contribution >= 4 is 54.8 Å². The number of hydrogen-bond donors (Lipinski definition) is 0. The number of morpholine rings is 1. The number of ether oxygens (including phenoxy) is 2. The molecule has 11 heteroatoms. The molecule has 0 bridgehead atoms. The van der Waals surface area contributed by atoms with Crippen molar-refractivity contribution in [3.8, 4) is 0 Å². The molecule has 0 atom stereocenters. The summed E-state index contributed by atoms with van der Waals surface area (Å²) in [5.74, 6) is -0.526. The summed E-state index contributed by atoms with van der Waals surface area (Å²) < 4.78 is 14.7. The van der Waals surface area contributed by atoms with Crippen molar-refractivity contribution in [2.75, 3.05) is 44.4 Å². The number of rotatable bonds is 7. The van der Waals surface area contributed by atoms with Gasteiger partial charge in [0.1, 0.15) is 5.69 Å². The Hall–Kier alpha value is -2.60. The van der Waals surface area contributed by atoms with Crippen molar-refractivity contribution < 1.29 is 19.2 Å². The summed E-state index contributed by atoms with van der Waals surface area (Å²) in [6, 6.07) is 10.4. The number of fused-ring (bicyclic) bond motifs is 1. The van der Waals surface area contributed by atoms with Gasteiger partial charge < -0.3 is 18.9 Å². The molecule has 0 saturated carbocycles. The van der Waals surface area contributed by atoms with Gasteiger partial charge >= 0.3 is 0 Å². The fourth-order valence-electron chi connectivity index (χ4n) is 3.67. The highest BCUT2D eigenvalue weighted by atomic mass is 79.9. The van der Waals surface area contributed by atoms with Crippen molar-refractivity contribution in [1.29, 1.82) is 0 Å². The Labute approximate surface area is 202 Å². The molecule has 1 saturated heterocycles. The Morgan fingerprint density at radius 2 is 2.06 bits per heavy atom. The third-order valence-corrected chi connectivity index (χ3v) is 6.81. The lowest BCUT2D eigenvalue weighted by Gasteiger charge is -2.28. The average Bonchev–Trinajstić information content (AvgIpc) is 3.15. The number of nitro groups is 1. The molecule has 0 N–H and O–H groups in total. The predicted octanol–water partition coefficient (Wildman–Crippen LogP) is 3.99. The first-order chi connectivity index (χ1) is 16.0. The van der Waals surface area contributed by atoms with Crippen LogP contribution in [0.3, 0.4) is 0 Å². The number of carbonyl (C=O) groups excluding carboxylic acids is 1. The van der Waals surface area contributed by atoms with E-state index in [2.05, 4.69) is 20.9 Å². The monoisotopic (exact) mass is 534 g/mol. The van der Waals surface area contributed by atoms with E-state index in [0.29, 0.717) is 56.6 Å². The molecule has 174 valence electrons. The average molecular weight is 535 g/mol. The molecule has 0 unspecified atom stereocenters. The summed E-state index contributed by atoms with van der Waals surface area (Å²) in [4.78, 5) is 31.1. The van der Waals surface area contributed by atoms with E-state index in [0.717, 1.165) is 14.7 Å². The number of halogens is 1. The van der Waals surface area contributed by atoms with Crippen LogP contribution in [0.5, 0.6) is 0 Å². The molecule has 1 fully saturated rings. The van der Waals surface area contributed by atoms with Crippen LogP contribution in [0.2, 0.25) is 0 Å². The molecule has 1 aliphatic rings. The van der Waals surface area contributed by atoms with E-state index in [1.807, 2.05) is 34.6 Å². The first-order valence-electron chi connectivity index (χ1n) is 10.5. The number of nitro benzene ring substituents is 1. The molecule has 33 heavy (non-hydrogen) atoms. The van der Waals surface area contributed by atoms with Crippen LogP contribution in [-0.4, -0.2) is 54.9 Å². The van der Waals surface area contributed by atoms with Crippen LogP contribution >= 0.6 is 27.3 Å². The van der Waals surface area contributed by atoms with Crippen molar-refractivity contribution in [2.24, 2.45) is 4.99 Å². The summed E-state index contributed by atoms with van der Waals surface area (Å²) in [6.45, 7) is 5.70. The number of anilines is 1. The molecular weight excluding hydrogens is 512 g/mol. The van der Waals surface area contributed by atoms with Crippen LogP contribution in [-0.2, 0) is 16.0 Å². The van der Waals surface area contributed by atoms with Gasteiger partial charge in [-0.15, -0.1) is 0 Å². The van der Waals surface area contributed by atoms with E-state index in [1.54, 1.807) is 12.1 Å². The van der Waals surface area contributed by atoms with Crippen molar-refractivity contribution in [3.63, 3.8) is 0 Å². The zero-order valence-corrected chi connectivity index (χ0v) is 20.4. The molecule has 0 radical (unpaired) electrons. The summed E-state index contributed by atoms with van der Waals surface area (Å²) in [6.07, 6.45) is 0. The van der Waals surface area contributed by atoms with Crippen LogP contribution in [0.25, 0.3) is 10.2 Å². The molecule has 4 rings (SSSR count). The minimum Gasteiger partial charge on any atom is -0.380 e. The Morgan fingerprint density at radius 1 is 1.27 bits per heavy atom. The van der Waals surface area contributed by atoms with Gasteiger partial charge in [-0.3, -0.25) is 14.9 Å². The number of hydrogen-bond acceptors (Lipinski definition) is 7. The third-order valence-electron chi connectivity index (χ3n) is 5.28. The standard InChI is InChI=1S/C22H23BrN4O5S/c1-2-31-12-9-26-18-6-4-16(23)14-20(18)33-22(26)24-21(28)15-3-5-17(19(13-15)27(29)30)25-7-10-32-11-8-25/h3-6,13-14H,2,7-12H2,1H3. The second kappa shape index (κ2) is 10.6. The number of benzene rings is 2. The molecule has 9 nitrogen and oxygen atoms in total. The van der Waals surface area contributed by atoms with Gasteiger partial charge in [0, 0.05) is 42.3 Å². The van der Waals surface area contributed by atoms with Crippen LogP contribution in [0.1, 0.15) is 17.3 Å². The fourth-order valence-corrected chi connectivity index (χ4v) is 5.28. The van der Waals surface area contributed by atoms with Gasteiger partial charge in [-0.2, -0.15) is 4.99 Å². The topological polar surface area (TPSA) is 99.2 Å². The van der Waals surface area contributed by atoms with Crippen molar-refractivity contribution in [2.45, 2.75) is 13.5 Å². The molecule has 1 aliphatic heterocycles. The first-order valence-corrected chi connectivity index (χ1v) is 12.2. The maximum Gasteiger partial charge on any atom is 0.293 e. The first kappa shape index (κ1) is 23.6. The summed E-state index contributed by atoms with van der Waals surface area (Å²) in [5.41, 5.74) is 1.50. The van der Waals surface area contributed by atoms with Crippen LogP contribution in [0.4, 0.5) is 11.4 Å². The zero-order chi connectivity index (χ0) is 23.4. The normalized spacial score (nSPS) is 14.7. The lowest BCUT2D eigenvalue weighted by Crippen LogP contribution is -2.36. The second-order valence-electron chi connectivity index (χ2n) is 7.32. The van der Waals surface area contributed by atoms with Crippen molar-refractivity contribution in [1.82, 2.24) is 4.57 Å². The van der Waals surface area contributed by atoms with Gasteiger partial charge in [-0.25, -0.2) is 0 Å². The minimum atomic E-state index is -0.526. The van der Waals surface area contributed by atoms with Crippen LogP contribution in [0, 0.1) is 10.1 Å². The molecule has 2 aromatic carbocycles. The number of nitrogens with zero attached hydrogens (tertiary/aromatic N) is 4. The second-order valence-corrected chi connectivity index (χ2v) is 9.25. The van der Waals surface area contributed by atoms with Gasteiger partial charge in [-0.1, -0.05) is 27.3 Å². The lowest BCUT2D eigenvalue weighted by molar-refractivity contribution is -0.384. The number of amides is 1. The Balaban J connectivity index is 1.72. The number of aromatic nitrogens is 1. The Kier molecular flexibility index (Phi) is 7.53. The SMILES string of the molecule is CCOCCn1c(=NC(=O)c2ccc(N3CCOCC3)c([N+](=O)[O-])c2)sc2cc(Br)ccc21. The quantitative estimate of drug-likeness (QED) is 0.258. The van der Waals surface area contributed by atoms with Gasteiger partial charge in [0.2, 0.25) is 0 Å². The molecule has 2 heterocycles. The number of carbonyl (C=O) groups is 1. The maximum absolute atomic E-state index is 13.0. The van der Waals surface area contributed by atoms with E-state index in [1.165, 1.54) is 17.4 Å². The van der Waals surface area contributed by atoms with Crippen LogP contribution < -0.4 is 9.70 Å². The largest absolute Gasteiger partial charge is 0.380 e. The summed E-state index contributed by atoms with van der Waals surface area (Å²) in [7, 11) is 0. The number of thiazole rings is 1. The highest BCUT2D eigenvalue weighted by Crippen LogP contribution is 2.30. The van der Waals surface area contributed by atoms with Gasteiger partial charge in [0.25, 0.3) is 11.6 Å². The smallest absolute Gasteiger partial charge is 0.293 e. The van der Waals surface area contributed by atoms with E-state index in [-0.39, 0.29) is 11.3 Å². The van der Waals surface area contributed by atoms with Gasteiger partial charge in [-0.05, 0) is 37.3 Å². The highest BCUT2D eigenvalue weighted by Gasteiger charge is 2.23.